The Hall–Kier alpha value is -1.57. The van der Waals surface area contributed by atoms with Crippen LogP contribution in [0.2, 0.25) is 6.82 Å². The molecule has 2 aromatic rings. The summed E-state index contributed by atoms with van der Waals surface area (Å²) in [5.74, 6) is 0. The van der Waals surface area contributed by atoms with E-state index < -0.39 is 6.99 Å². The first-order valence-electron chi connectivity index (χ1n) is 12.9. The van der Waals surface area contributed by atoms with Crippen molar-refractivity contribution in [3.05, 3.63) is 53.1 Å². The Morgan fingerprint density at radius 2 is 1.23 bits per heavy atom. The van der Waals surface area contributed by atoms with Crippen molar-refractivity contribution >= 4 is 12.5 Å². The molecule has 31 heavy (non-hydrogen) atoms. The molecule has 0 radical (unpaired) electrons. The smallest absolute Gasteiger partial charge is 0.330 e. The van der Waals surface area contributed by atoms with Crippen LogP contribution in [0.1, 0.15) is 108 Å². The molecule has 0 unspecified atom stereocenters. The summed E-state index contributed by atoms with van der Waals surface area (Å²) in [6, 6.07) is 13.4. The number of halogens is 1. The molecule has 0 spiro atoms. The topological polar surface area (TPSA) is 0 Å². The third kappa shape index (κ3) is 5.44. The minimum atomic E-state index is -0.914. The van der Waals surface area contributed by atoms with Crippen LogP contribution >= 0.6 is 0 Å². The summed E-state index contributed by atoms with van der Waals surface area (Å²) < 4.78 is 14.3. The van der Waals surface area contributed by atoms with E-state index in [0.29, 0.717) is 0 Å². The normalized spacial score (nSPS) is 13.8. The van der Waals surface area contributed by atoms with Crippen molar-refractivity contribution in [1.82, 2.24) is 0 Å². The highest BCUT2D eigenvalue weighted by Gasteiger charge is 2.42. The number of hydrogen-bond donors (Lipinski definition) is 0. The fraction of sp³-hybridized carbons (Fsp3) is 0.586. The molecule has 0 amide bonds. The lowest BCUT2D eigenvalue weighted by atomic mass is 9.64. The molecule has 0 nitrogen and oxygen atoms in total. The van der Waals surface area contributed by atoms with E-state index in [1.165, 1.54) is 105 Å². The Labute approximate surface area is 191 Å². The van der Waals surface area contributed by atoms with E-state index in [0.717, 1.165) is 5.46 Å². The minimum absolute atomic E-state index is 0.0556. The van der Waals surface area contributed by atoms with Crippen molar-refractivity contribution in [3.8, 4) is 11.1 Å². The van der Waals surface area contributed by atoms with Gasteiger partial charge in [0.2, 0.25) is 0 Å². The van der Waals surface area contributed by atoms with Crippen LogP contribution in [0, 0.1) is 6.92 Å². The molecule has 0 heterocycles. The second kappa shape index (κ2) is 11.3. The zero-order chi connectivity index (χ0) is 22.3. The number of rotatable bonds is 13. The average molecular weight is 420 g/mol. The highest BCUT2D eigenvalue weighted by Crippen LogP contribution is 2.54. The van der Waals surface area contributed by atoms with Gasteiger partial charge in [0, 0.05) is 5.41 Å². The predicted octanol–water partition coefficient (Wildman–Crippen LogP) is 8.78. The van der Waals surface area contributed by atoms with Gasteiger partial charge >= 0.3 is 6.99 Å². The van der Waals surface area contributed by atoms with Gasteiger partial charge in [-0.2, -0.15) is 0 Å². The summed E-state index contributed by atoms with van der Waals surface area (Å²) in [5.41, 5.74) is 7.89. The lowest BCUT2D eigenvalue weighted by Gasteiger charge is -2.33. The van der Waals surface area contributed by atoms with Crippen LogP contribution in [0.25, 0.3) is 11.1 Å². The number of aryl methyl sites for hydroxylation is 1. The SMILES string of the molecule is CCCCCCCC1(CCCCCCC)c2cc(C)ccc2-c2ccc(B(C)F)cc21. The van der Waals surface area contributed by atoms with Gasteiger partial charge in [0.15, 0.2) is 0 Å². The Balaban J connectivity index is 1.99. The van der Waals surface area contributed by atoms with E-state index in [4.69, 9.17) is 0 Å². The second-order valence-corrected chi connectivity index (χ2v) is 9.88. The number of hydrogen-bond acceptors (Lipinski definition) is 0. The summed E-state index contributed by atoms with van der Waals surface area (Å²) in [7, 11) is 0. The van der Waals surface area contributed by atoms with Gasteiger partial charge in [0.05, 0.1) is 0 Å². The molecule has 0 fully saturated rings. The van der Waals surface area contributed by atoms with Gasteiger partial charge in [-0.25, -0.2) is 0 Å². The van der Waals surface area contributed by atoms with E-state index in [2.05, 4.69) is 51.1 Å². The van der Waals surface area contributed by atoms with Crippen molar-refractivity contribution in [2.75, 3.05) is 0 Å². The summed E-state index contributed by atoms with van der Waals surface area (Å²) in [5, 5.41) is 0. The first kappa shape index (κ1) is 24.1. The zero-order valence-corrected chi connectivity index (χ0v) is 20.4. The number of benzene rings is 2. The molecule has 1 aliphatic rings. The average Bonchev–Trinajstić information content (AvgIpc) is 3.02. The molecule has 0 saturated heterocycles. The molecule has 2 heteroatoms. The third-order valence-electron chi connectivity index (χ3n) is 7.41. The van der Waals surface area contributed by atoms with Crippen molar-refractivity contribution < 1.29 is 4.32 Å². The maximum atomic E-state index is 14.3. The highest BCUT2D eigenvalue weighted by atomic mass is 19.1. The lowest BCUT2D eigenvalue weighted by molar-refractivity contribution is 0.399. The van der Waals surface area contributed by atoms with Gasteiger partial charge in [-0.15, -0.1) is 0 Å². The molecule has 168 valence electrons. The van der Waals surface area contributed by atoms with Gasteiger partial charge in [-0.3, -0.25) is 0 Å². The number of fused-ring (bicyclic) bond motifs is 3. The van der Waals surface area contributed by atoms with E-state index >= 15 is 0 Å². The standard InChI is InChI=1S/C29H42BF/c1-5-7-9-11-13-19-29(20-14-12-10-8-6-2)27-21-23(3)15-17-25(27)26-18-16-24(30(4)31)22-28(26)29/h15-18,21-22H,5-14,19-20H2,1-4H3. The van der Waals surface area contributed by atoms with Crippen LogP contribution in [0.4, 0.5) is 4.32 Å². The van der Waals surface area contributed by atoms with Crippen molar-refractivity contribution in [2.45, 2.75) is 110 Å². The molecule has 1 aliphatic carbocycles. The van der Waals surface area contributed by atoms with Crippen molar-refractivity contribution in [2.24, 2.45) is 0 Å². The highest BCUT2D eigenvalue weighted by molar-refractivity contribution is 6.65. The van der Waals surface area contributed by atoms with Crippen LogP contribution in [0.3, 0.4) is 0 Å². The molecule has 0 N–H and O–H groups in total. The Morgan fingerprint density at radius 1 is 0.710 bits per heavy atom. The third-order valence-corrected chi connectivity index (χ3v) is 7.41. The van der Waals surface area contributed by atoms with Gasteiger partial charge < -0.3 is 4.32 Å². The molecule has 2 aromatic carbocycles. The van der Waals surface area contributed by atoms with Crippen LogP contribution in [0.5, 0.6) is 0 Å². The largest absolute Gasteiger partial charge is 0.377 e. The van der Waals surface area contributed by atoms with Crippen LogP contribution in [-0.2, 0) is 5.41 Å². The molecule has 3 rings (SSSR count). The molecule has 0 atom stereocenters. The number of unbranched alkanes of at least 4 members (excludes halogenated alkanes) is 8. The van der Waals surface area contributed by atoms with Crippen LogP contribution in [-0.4, -0.2) is 6.99 Å². The minimum Gasteiger partial charge on any atom is -0.330 e. The van der Waals surface area contributed by atoms with E-state index in [1.54, 1.807) is 6.82 Å². The van der Waals surface area contributed by atoms with E-state index in [-0.39, 0.29) is 5.41 Å². The summed E-state index contributed by atoms with van der Waals surface area (Å²) in [6.45, 7) is 7.53. The van der Waals surface area contributed by atoms with Crippen LogP contribution in [0.15, 0.2) is 36.4 Å². The summed E-state index contributed by atoms with van der Waals surface area (Å²) in [6.07, 6.45) is 15.4. The van der Waals surface area contributed by atoms with Gasteiger partial charge in [0.25, 0.3) is 0 Å². The van der Waals surface area contributed by atoms with Gasteiger partial charge in [0.1, 0.15) is 0 Å². The van der Waals surface area contributed by atoms with Crippen molar-refractivity contribution in [3.63, 3.8) is 0 Å². The first-order chi connectivity index (χ1) is 15.0. The second-order valence-electron chi connectivity index (χ2n) is 9.88. The molecule has 0 aliphatic heterocycles. The summed E-state index contributed by atoms with van der Waals surface area (Å²) in [4.78, 5) is 0. The molecular weight excluding hydrogens is 378 g/mol. The maximum absolute atomic E-state index is 14.3. The van der Waals surface area contributed by atoms with Gasteiger partial charge in [-0.05, 0) is 54.3 Å². The maximum Gasteiger partial charge on any atom is 0.377 e. The fourth-order valence-corrected chi connectivity index (χ4v) is 5.60. The Morgan fingerprint density at radius 3 is 1.77 bits per heavy atom. The Kier molecular flexibility index (Phi) is 8.81. The Bertz CT molecular complexity index is 825. The predicted molar refractivity (Wildman–Crippen MR) is 137 cm³/mol. The monoisotopic (exact) mass is 420 g/mol. The quantitative estimate of drug-likeness (QED) is 0.224. The van der Waals surface area contributed by atoms with Crippen LogP contribution < -0.4 is 5.46 Å². The molecule has 0 aromatic heterocycles. The first-order valence-corrected chi connectivity index (χ1v) is 12.9. The zero-order valence-electron chi connectivity index (χ0n) is 20.4. The summed E-state index contributed by atoms with van der Waals surface area (Å²) >= 11 is 0. The fourth-order valence-electron chi connectivity index (χ4n) is 5.60. The molecule has 0 saturated carbocycles. The van der Waals surface area contributed by atoms with Crippen molar-refractivity contribution in [1.29, 1.82) is 0 Å². The lowest BCUT2D eigenvalue weighted by Crippen LogP contribution is -2.29. The van der Waals surface area contributed by atoms with Gasteiger partial charge in [-0.1, -0.05) is 120 Å². The van der Waals surface area contributed by atoms with E-state index in [9.17, 15) is 4.32 Å². The molecular formula is C29H42BF. The molecule has 0 bridgehead atoms. The van der Waals surface area contributed by atoms with E-state index in [1.807, 2.05) is 6.07 Å².